The summed E-state index contributed by atoms with van der Waals surface area (Å²) in [5.74, 6) is -0.679. The highest BCUT2D eigenvalue weighted by molar-refractivity contribution is 9.10. The average molecular weight is 342 g/mol. The van der Waals surface area contributed by atoms with E-state index in [1.54, 1.807) is 6.07 Å². The molecule has 0 spiro atoms. The van der Waals surface area contributed by atoms with Crippen LogP contribution in [0.15, 0.2) is 22.7 Å². The first-order valence-corrected chi connectivity index (χ1v) is 5.80. The number of hydrogen-bond acceptors (Lipinski definition) is 3. The quantitative estimate of drug-likeness (QED) is 0.855. The molecule has 0 fully saturated rings. The number of ether oxygens (including phenoxy) is 1. The van der Waals surface area contributed by atoms with Gasteiger partial charge >= 0.3 is 0 Å². The third-order valence-electron chi connectivity index (χ3n) is 2.14. The van der Waals surface area contributed by atoms with Crippen LogP contribution in [-0.2, 0) is 16.1 Å². The normalized spacial score (nSPS) is 11.6. The van der Waals surface area contributed by atoms with Gasteiger partial charge in [-0.25, -0.2) is 4.39 Å². The molecular weight excluding hydrogens is 326 g/mol. The van der Waals surface area contributed by atoms with Crippen LogP contribution in [0.4, 0.5) is 4.39 Å². The average Bonchev–Trinajstić information content (AvgIpc) is 2.30. The number of halogens is 3. The fourth-order valence-corrected chi connectivity index (χ4v) is 1.63. The number of amides is 1. The molecule has 1 amide bonds. The van der Waals surface area contributed by atoms with Crippen molar-refractivity contribution in [2.45, 2.75) is 12.6 Å². The van der Waals surface area contributed by atoms with Gasteiger partial charge in [-0.05, 0) is 23.8 Å². The summed E-state index contributed by atoms with van der Waals surface area (Å²) in [7, 11) is 1.47. The van der Waals surface area contributed by atoms with Crippen molar-refractivity contribution in [3.8, 4) is 0 Å². The lowest BCUT2D eigenvalue weighted by molar-refractivity contribution is -0.123. The van der Waals surface area contributed by atoms with E-state index in [4.69, 9.17) is 10.5 Å². The molecule has 1 unspecified atom stereocenters. The molecule has 0 saturated heterocycles. The van der Waals surface area contributed by atoms with Crippen LogP contribution in [0, 0.1) is 5.82 Å². The Bertz CT molecular complexity index is 407. The third kappa shape index (κ3) is 5.30. The summed E-state index contributed by atoms with van der Waals surface area (Å²) in [6.07, 6.45) is 0. The van der Waals surface area contributed by atoms with Crippen LogP contribution < -0.4 is 11.1 Å². The standard InChI is InChI=1S/C11H14BrFN2O2.ClH/c1-17-6-10(14)11(16)15-5-7-4-8(13)2-3-9(7)12;/h2-4,10H,5-6,14H2,1H3,(H,15,16);1H. The van der Waals surface area contributed by atoms with Crippen LogP contribution in [0.2, 0.25) is 0 Å². The second-order valence-corrected chi connectivity index (χ2v) is 4.37. The summed E-state index contributed by atoms with van der Waals surface area (Å²) >= 11 is 3.27. The Balaban J connectivity index is 0.00000289. The second kappa shape index (κ2) is 8.42. The fourth-order valence-electron chi connectivity index (χ4n) is 1.25. The first-order valence-electron chi connectivity index (χ1n) is 5.00. The zero-order valence-electron chi connectivity index (χ0n) is 9.78. The Kier molecular flexibility index (Phi) is 8.10. The predicted octanol–water partition coefficient (Wildman–Crippen LogP) is 1.60. The maximum Gasteiger partial charge on any atom is 0.239 e. The van der Waals surface area contributed by atoms with Gasteiger partial charge in [0, 0.05) is 18.1 Å². The van der Waals surface area contributed by atoms with E-state index >= 15 is 0 Å². The molecule has 0 saturated carbocycles. The second-order valence-electron chi connectivity index (χ2n) is 3.52. The molecule has 0 aliphatic carbocycles. The van der Waals surface area contributed by atoms with Crippen molar-refractivity contribution in [2.24, 2.45) is 5.73 Å². The number of carbonyl (C=O) groups is 1. The molecule has 1 atom stereocenters. The van der Waals surface area contributed by atoms with Crippen molar-refractivity contribution in [1.29, 1.82) is 0 Å². The Hall–Kier alpha value is -0.690. The molecule has 0 bridgehead atoms. The van der Waals surface area contributed by atoms with E-state index in [1.807, 2.05) is 0 Å². The Labute approximate surface area is 120 Å². The lowest BCUT2D eigenvalue weighted by Crippen LogP contribution is -2.43. The summed E-state index contributed by atoms with van der Waals surface area (Å²) in [4.78, 5) is 11.5. The summed E-state index contributed by atoms with van der Waals surface area (Å²) in [5.41, 5.74) is 6.19. The molecule has 4 nitrogen and oxygen atoms in total. The number of hydrogen-bond donors (Lipinski definition) is 2. The molecule has 1 aromatic carbocycles. The minimum atomic E-state index is -0.715. The summed E-state index contributed by atoms with van der Waals surface area (Å²) in [6, 6.07) is 3.57. The van der Waals surface area contributed by atoms with Crippen LogP contribution in [-0.4, -0.2) is 25.7 Å². The maximum atomic E-state index is 13.0. The topological polar surface area (TPSA) is 64.3 Å². The first kappa shape index (κ1) is 17.3. The number of rotatable bonds is 5. The van der Waals surface area contributed by atoms with Crippen molar-refractivity contribution in [2.75, 3.05) is 13.7 Å². The van der Waals surface area contributed by atoms with Gasteiger partial charge in [-0.15, -0.1) is 12.4 Å². The smallest absolute Gasteiger partial charge is 0.239 e. The molecule has 0 radical (unpaired) electrons. The minimum absolute atomic E-state index is 0. The molecule has 1 rings (SSSR count). The Morgan fingerprint density at radius 3 is 2.89 bits per heavy atom. The highest BCUT2D eigenvalue weighted by Gasteiger charge is 2.13. The fraction of sp³-hybridized carbons (Fsp3) is 0.364. The molecule has 1 aromatic rings. The molecule has 3 N–H and O–H groups in total. The van der Waals surface area contributed by atoms with Crippen molar-refractivity contribution < 1.29 is 13.9 Å². The van der Waals surface area contributed by atoms with Crippen LogP contribution in [0.5, 0.6) is 0 Å². The molecule has 0 aliphatic heterocycles. The van der Waals surface area contributed by atoms with E-state index in [-0.39, 0.29) is 37.3 Å². The van der Waals surface area contributed by atoms with Crippen molar-refractivity contribution in [3.05, 3.63) is 34.1 Å². The Morgan fingerprint density at radius 1 is 1.61 bits per heavy atom. The van der Waals surface area contributed by atoms with Gasteiger partial charge in [0.15, 0.2) is 0 Å². The van der Waals surface area contributed by atoms with Gasteiger partial charge in [-0.1, -0.05) is 15.9 Å². The zero-order valence-corrected chi connectivity index (χ0v) is 12.2. The van der Waals surface area contributed by atoms with Gasteiger partial charge in [0.05, 0.1) is 6.61 Å². The number of nitrogens with one attached hydrogen (secondary N) is 1. The van der Waals surface area contributed by atoms with E-state index in [1.165, 1.54) is 19.2 Å². The number of benzene rings is 1. The van der Waals surface area contributed by atoms with Crippen LogP contribution in [0.25, 0.3) is 0 Å². The van der Waals surface area contributed by atoms with Gasteiger partial charge in [0.25, 0.3) is 0 Å². The molecular formula is C11H15BrClFN2O2. The van der Waals surface area contributed by atoms with E-state index in [2.05, 4.69) is 21.2 Å². The van der Waals surface area contributed by atoms with Crippen molar-refractivity contribution >= 4 is 34.2 Å². The summed E-state index contributed by atoms with van der Waals surface area (Å²) in [6.45, 7) is 0.366. The molecule has 0 aliphatic rings. The molecule has 0 aromatic heterocycles. The largest absolute Gasteiger partial charge is 0.383 e. The maximum absolute atomic E-state index is 13.0. The van der Waals surface area contributed by atoms with Gasteiger partial charge in [0.1, 0.15) is 11.9 Å². The SMILES string of the molecule is COCC(N)C(=O)NCc1cc(F)ccc1Br.Cl. The molecule has 102 valence electrons. The summed E-state index contributed by atoms with van der Waals surface area (Å²) < 4.78 is 18.5. The molecule has 0 heterocycles. The lowest BCUT2D eigenvalue weighted by atomic mass is 10.2. The van der Waals surface area contributed by atoms with E-state index in [9.17, 15) is 9.18 Å². The summed E-state index contributed by atoms with van der Waals surface area (Å²) in [5, 5.41) is 2.61. The number of nitrogens with two attached hydrogens (primary N) is 1. The van der Waals surface area contributed by atoms with Gasteiger partial charge < -0.3 is 15.8 Å². The van der Waals surface area contributed by atoms with Gasteiger partial charge in [-0.2, -0.15) is 0 Å². The highest BCUT2D eigenvalue weighted by Crippen LogP contribution is 2.17. The van der Waals surface area contributed by atoms with Crippen LogP contribution >= 0.6 is 28.3 Å². The Morgan fingerprint density at radius 2 is 2.28 bits per heavy atom. The molecule has 18 heavy (non-hydrogen) atoms. The first-order chi connectivity index (χ1) is 8.04. The number of carbonyl (C=O) groups excluding carboxylic acids is 1. The van der Waals surface area contributed by atoms with Crippen molar-refractivity contribution in [1.82, 2.24) is 5.32 Å². The van der Waals surface area contributed by atoms with Gasteiger partial charge in [0.2, 0.25) is 5.91 Å². The lowest BCUT2D eigenvalue weighted by Gasteiger charge is -2.12. The predicted molar refractivity (Wildman–Crippen MR) is 73.0 cm³/mol. The van der Waals surface area contributed by atoms with Crippen LogP contribution in [0.3, 0.4) is 0 Å². The monoisotopic (exact) mass is 340 g/mol. The molecule has 7 heteroatoms. The van der Waals surface area contributed by atoms with E-state index in [0.717, 1.165) is 4.47 Å². The minimum Gasteiger partial charge on any atom is -0.383 e. The van der Waals surface area contributed by atoms with Gasteiger partial charge in [-0.3, -0.25) is 4.79 Å². The van der Waals surface area contributed by atoms with E-state index in [0.29, 0.717) is 5.56 Å². The zero-order chi connectivity index (χ0) is 12.8. The highest BCUT2D eigenvalue weighted by atomic mass is 79.9. The third-order valence-corrected chi connectivity index (χ3v) is 2.92. The van der Waals surface area contributed by atoms with Crippen molar-refractivity contribution in [3.63, 3.8) is 0 Å². The van der Waals surface area contributed by atoms with E-state index < -0.39 is 6.04 Å². The number of methoxy groups -OCH3 is 1. The van der Waals surface area contributed by atoms with Crippen LogP contribution in [0.1, 0.15) is 5.56 Å².